The molecule has 0 aromatic heterocycles. The number of amides is 1. The second-order valence-electron chi connectivity index (χ2n) is 8.05. The van der Waals surface area contributed by atoms with Gasteiger partial charge in [0.1, 0.15) is 6.54 Å². The summed E-state index contributed by atoms with van der Waals surface area (Å²) in [4.78, 5) is 13.4. The molecule has 0 unspecified atom stereocenters. The van der Waals surface area contributed by atoms with Crippen molar-refractivity contribution >= 4 is 38.9 Å². The van der Waals surface area contributed by atoms with Gasteiger partial charge in [-0.1, -0.05) is 60.1 Å². The minimum absolute atomic E-state index is 0.0778. The minimum Gasteiger partial charge on any atom is -0.493 e. The third-order valence-electron chi connectivity index (χ3n) is 5.51. The number of aryl methyl sites for hydroxylation is 1. The molecule has 0 heterocycles. The standard InChI is InChI=1S/C28H25ClN2O5S/c1-20-10-6-7-13-24(20)31(37(33,34)22-11-4-3-5-12-22)19-28(32)30-23-18-21(29)16-17-25(23)36-27-15-9-8-14-26(27)35-2/h3-18H,19H2,1-2H3,(H,30,32). The number of para-hydroxylation sites is 3. The van der Waals surface area contributed by atoms with Crippen LogP contribution < -0.4 is 19.1 Å². The maximum Gasteiger partial charge on any atom is 0.264 e. The lowest BCUT2D eigenvalue weighted by Crippen LogP contribution is -2.38. The zero-order valence-electron chi connectivity index (χ0n) is 20.2. The van der Waals surface area contributed by atoms with Crippen LogP contribution in [-0.4, -0.2) is 28.0 Å². The van der Waals surface area contributed by atoms with Crippen LogP contribution in [0.2, 0.25) is 5.02 Å². The summed E-state index contributed by atoms with van der Waals surface area (Å²) >= 11 is 6.20. The fourth-order valence-electron chi connectivity index (χ4n) is 3.69. The molecule has 0 atom stereocenters. The van der Waals surface area contributed by atoms with Gasteiger partial charge in [0.15, 0.2) is 17.2 Å². The molecule has 4 aromatic rings. The van der Waals surface area contributed by atoms with E-state index in [1.165, 1.54) is 25.3 Å². The van der Waals surface area contributed by atoms with E-state index in [0.29, 0.717) is 33.5 Å². The molecule has 0 saturated carbocycles. The van der Waals surface area contributed by atoms with Crippen LogP contribution >= 0.6 is 11.6 Å². The lowest BCUT2D eigenvalue weighted by molar-refractivity contribution is -0.114. The SMILES string of the molecule is COc1ccccc1Oc1ccc(Cl)cc1NC(=O)CN(c1ccccc1C)S(=O)(=O)c1ccccc1. The Balaban J connectivity index is 1.65. The summed E-state index contributed by atoms with van der Waals surface area (Å²) in [5, 5.41) is 3.13. The normalized spacial score (nSPS) is 11.0. The number of rotatable bonds is 9. The van der Waals surface area contributed by atoms with Crippen LogP contribution in [0.3, 0.4) is 0 Å². The van der Waals surface area contributed by atoms with Crippen LogP contribution in [0.25, 0.3) is 0 Å². The number of nitrogens with zero attached hydrogens (tertiary/aromatic N) is 1. The molecule has 4 rings (SSSR count). The Kier molecular flexibility index (Phi) is 8.01. The van der Waals surface area contributed by atoms with Gasteiger partial charge in [0, 0.05) is 5.02 Å². The van der Waals surface area contributed by atoms with Gasteiger partial charge in [0.05, 0.1) is 23.4 Å². The largest absolute Gasteiger partial charge is 0.493 e. The smallest absolute Gasteiger partial charge is 0.264 e. The van der Waals surface area contributed by atoms with Gasteiger partial charge in [-0.25, -0.2) is 8.42 Å². The lowest BCUT2D eigenvalue weighted by atomic mass is 10.2. The van der Waals surface area contributed by atoms with E-state index < -0.39 is 22.5 Å². The molecule has 0 bridgehead atoms. The molecule has 0 radical (unpaired) electrons. The molecule has 0 saturated heterocycles. The van der Waals surface area contributed by atoms with E-state index in [9.17, 15) is 13.2 Å². The van der Waals surface area contributed by atoms with Crippen molar-refractivity contribution < 1.29 is 22.7 Å². The summed E-state index contributed by atoms with van der Waals surface area (Å²) in [6.07, 6.45) is 0. The second kappa shape index (κ2) is 11.4. The zero-order valence-corrected chi connectivity index (χ0v) is 21.8. The van der Waals surface area contributed by atoms with E-state index in [-0.39, 0.29) is 10.6 Å². The summed E-state index contributed by atoms with van der Waals surface area (Å²) in [7, 11) is -2.51. The first-order valence-electron chi connectivity index (χ1n) is 11.3. The molecule has 0 aliphatic heterocycles. The molecule has 0 fully saturated rings. The summed E-state index contributed by atoms with van der Waals surface area (Å²) in [6, 6.07) is 26.8. The predicted octanol–water partition coefficient (Wildman–Crippen LogP) is 6.28. The first-order chi connectivity index (χ1) is 17.8. The summed E-state index contributed by atoms with van der Waals surface area (Å²) in [5.41, 5.74) is 1.39. The van der Waals surface area contributed by atoms with Crippen molar-refractivity contribution in [3.05, 3.63) is 108 Å². The van der Waals surface area contributed by atoms with E-state index in [0.717, 1.165) is 4.31 Å². The van der Waals surface area contributed by atoms with Gasteiger partial charge in [0.25, 0.3) is 10.0 Å². The fourth-order valence-corrected chi connectivity index (χ4v) is 5.37. The minimum atomic E-state index is -4.04. The molecule has 190 valence electrons. The van der Waals surface area contributed by atoms with Crippen molar-refractivity contribution in [3.8, 4) is 17.2 Å². The molecule has 7 nitrogen and oxygen atoms in total. The van der Waals surface area contributed by atoms with Gasteiger partial charge in [0.2, 0.25) is 5.91 Å². The number of carbonyl (C=O) groups excluding carboxylic acids is 1. The lowest BCUT2D eigenvalue weighted by Gasteiger charge is -2.25. The predicted molar refractivity (Wildman–Crippen MR) is 145 cm³/mol. The summed E-state index contributed by atoms with van der Waals surface area (Å²) < 4.78 is 39.6. The molecular weight excluding hydrogens is 512 g/mol. The highest BCUT2D eigenvalue weighted by Crippen LogP contribution is 2.36. The number of methoxy groups -OCH3 is 1. The highest BCUT2D eigenvalue weighted by Gasteiger charge is 2.28. The fraction of sp³-hybridized carbons (Fsp3) is 0.107. The Hall–Kier alpha value is -4.01. The summed E-state index contributed by atoms with van der Waals surface area (Å²) in [6.45, 7) is 1.32. The highest BCUT2D eigenvalue weighted by atomic mass is 35.5. The average Bonchev–Trinajstić information content (AvgIpc) is 2.90. The second-order valence-corrected chi connectivity index (χ2v) is 10.4. The monoisotopic (exact) mass is 536 g/mol. The Morgan fingerprint density at radius 1 is 0.865 bits per heavy atom. The molecule has 4 aromatic carbocycles. The third-order valence-corrected chi connectivity index (χ3v) is 7.52. The maximum atomic E-state index is 13.6. The van der Waals surface area contributed by atoms with Gasteiger partial charge in [-0.2, -0.15) is 0 Å². The molecule has 9 heteroatoms. The van der Waals surface area contributed by atoms with Crippen LogP contribution in [0.1, 0.15) is 5.56 Å². The van der Waals surface area contributed by atoms with E-state index in [4.69, 9.17) is 21.1 Å². The Morgan fingerprint density at radius 2 is 1.51 bits per heavy atom. The van der Waals surface area contributed by atoms with Crippen LogP contribution in [0, 0.1) is 6.92 Å². The van der Waals surface area contributed by atoms with Crippen molar-refractivity contribution in [2.75, 3.05) is 23.3 Å². The van der Waals surface area contributed by atoms with E-state index >= 15 is 0 Å². The van der Waals surface area contributed by atoms with Crippen molar-refractivity contribution in [3.63, 3.8) is 0 Å². The molecule has 0 aliphatic carbocycles. The Bertz CT molecular complexity index is 1510. The number of ether oxygens (including phenoxy) is 2. The van der Waals surface area contributed by atoms with Crippen molar-refractivity contribution in [2.24, 2.45) is 0 Å². The highest BCUT2D eigenvalue weighted by molar-refractivity contribution is 7.92. The van der Waals surface area contributed by atoms with Crippen molar-refractivity contribution in [1.82, 2.24) is 0 Å². The van der Waals surface area contributed by atoms with E-state index in [2.05, 4.69) is 5.32 Å². The summed E-state index contributed by atoms with van der Waals surface area (Å²) in [5.74, 6) is 0.691. The van der Waals surface area contributed by atoms with Gasteiger partial charge in [-0.15, -0.1) is 0 Å². The van der Waals surface area contributed by atoms with Gasteiger partial charge >= 0.3 is 0 Å². The van der Waals surface area contributed by atoms with Gasteiger partial charge < -0.3 is 14.8 Å². The number of carbonyl (C=O) groups is 1. The number of benzene rings is 4. The van der Waals surface area contributed by atoms with Gasteiger partial charge in [-0.05, 0) is 61.0 Å². The van der Waals surface area contributed by atoms with E-state index in [1.54, 1.807) is 79.7 Å². The molecule has 1 N–H and O–H groups in total. The Morgan fingerprint density at radius 3 is 2.22 bits per heavy atom. The quantitative estimate of drug-likeness (QED) is 0.272. The average molecular weight is 537 g/mol. The number of hydrogen-bond donors (Lipinski definition) is 1. The molecule has 0 spiro atoms. The van der Waals surface area contributed by atoms with Gasteiger partial charge in [-0.3, -0.25) is 9.10 Å². The Labute approximate surface area is 221 Å². The number of sulfonamides is 1. The molecule has 1 amide bonds. The first-order valence-corrected chi connectivity index (χ1v) is 13.1. The van der Waals surface area contributed by atoms with Crippen molar-refractivity contribution in [1.29, 1.82) is 0 Å². The molecule has 37 heavy (non-hydrogen) atoms. The first kappa shape index (κ1) is 26.1. The molecular formula is C28H25ClN2O5S. The number of anilines is 2. The topological polar surface area (TPSA) is 84.9 Å². The number of hydrogen-bond acceptors (Lipinski definition) is 5. The third kappa shape index (κ3) is 6.04. The van der Waals surface area contributed by atoms with E-state index in [1.807, 2.05) is 6.07 Å². The van der Waals surface area contributed by atoms with Crippen LogP contribution in [0.15, 0.2) is 102 Å². The zero-order chi connectivity index (χ0) is 26.4. The number of nitrogens with one attached hydrogen (secondary N) is 1. The van der Waals surface area contributed by atoms with Crippen molar-refractivity contribution in [2.45, 2.75) is 11.8 Å². The maximum absolute atomic E-state index is 13.6. The van der Waals surface area contributed by atoms with Crippen LogP contribution in [0.5, 0.6) is 17.2 Å². The van der Waals surface area contributed by atoms with Crippen LogP contribution in [-0.2, 0) is 14.8 Å². The van der Waals surface area contributed by atoms with Crippen LogP contribution in [0.4, 0.5) is 11.4 Å². The number of halogens is 1. The molecule has 0 aliphatic rings.